The number of alkyl halides is 3. The molecule has 31 heavy (non-hydrogen) atoms. The number of aromatic amines is 1. The molecule has 3 aromatic rings. The largest absolute Gasteiger partial charge is 0.397 e. The Morgan fingerprint density at radius 3 is 2.68 bits per heavy atom. The number of Topliss-reactive ketones (excluding diaryl/α,β-unsaturated/α-hetero) is 1. The van der Waals surface area contributed by atoms with Gasteiger partial charge in [-0.05, 0) is 24.3 Å². The number of benzene rings is 1. The summed E-state index contributed by atoms with van der Waals surface area (Å²) in [6, 6.07) is 12.3. The summed E-state index contributed by atoms with van der Waals surface area (Å²) < 4.78 is 42.6. The second-order valence-electron chi connectivity index (χ2n) is 6.91. The van der Waals surface area contributed by atoms with Crippen LogP contribution in [0.2, 0.25) is 0 Å². The van der Waals surface area contributed by atoms with Gasteiger partial charge in [0.15, 0.2) is 5.78 Å². The van der Waals surface area contributed by atoms with Gasteiger partial charge in [0, 0.05) is 17.4 Å². The smallest absolute Gasteiger partial charge is 0.367 e. The van der Waals surface area contributed by atoms with E-state index in [2.05, 4.69) is 20.6 Å². The Balaban J connectivity index is 1.71. The maximum Gasteiger partial charge on any atom is 0.397 e. The van der Waals surface area contributed by atoms with Gasteiger partial charge in [0.2, 0.25) is 5.91 Å². The zero-order valence-corrected chi connectivity index (χ0v) is 16.0. The average molecular weight is 430 g/mol. The number of ketones is 1. The van der Waals surface area contributed by atoms with E-state index in [0.717, 1.165) is 5.69 Å². The van der Waals surface area contributed by atoms with Gasteiger partial charge in [-0.25, -0.2) is 4.98 Å². The molecule has 3 heterocycles. The number of rotatable bonds is 5. The Bertz CT molecular complexity index is 1130. The number of hydrogen-bond acceptors (Lipinski definition) is 5. The van der Waals surface area contributed by atoms with Crippen LogP contribution in [0.1, 0.15) is 22.5 Å². The summed E-state index contributed by atoms with van der Waals surface area (Å²) in [6.07, 6.45) is -4.86. The maximum absolute atomic E-state index is 12.5. The Kier molecular flexibility index (Phi) is 5.47. The first-order valence-corrected chi connectivity index (χ1v) is 9.31. The van der Waals surface area contributed by atoms with Gasteiger partial charge in [0.25, 0.3) is 0 Å². The molecule has 0 bridgehead atoms. The SMILES string of the molecule is O=C(CC(F)(F)F)Nc1cc(-c2[nH]c3c(c2Nc2ccccc2)C(=O)COC3)ccn1. The van der Waals surface area contributed by atoms with Crippen LogP contribution in [-0.2, 0) is 16.1 Å². The van der Waals surface area contributed by atoms with E-state index in [1.54, 1.807) is 6.07 Å². The van der Waals surface area contributed by atoms with Crippen LogP contribution < -0.4 is 10.6 Å². The molecule has 1 aliphatic rings. The van der Waals surface area contributed by atoms with E-state index in [1.165, 1.54) is 12.3 Å². The molecule has 3 N–H and O–H groups in total. The second-order valence-corrected chi connectivity index (χ2v) is 6.91. The highest BCUT2D eigenvalue weighted by Gasteiger charge is 2.31. The fourth-order valence-electron chi connectivity index (χ4n) is 3.32. The predicted molar refractivity (Wildman–Crippen MR) is 107 cm³/mol. The van der Waals surface area contributed by atoms with Gasteiger partial charge in [0.1, 0.15) is 18.8 Å². The number of amides is 1. The molecule has 0 atom stereocenters. The molecule has 4 rings (SSSR count). The average Bonchev–Trinajstić information content (AvgIpc) is 3.07. The minimum atomic E-state index is -4.62. The predicted octanol–water partition coefficient (Wildman–Crippen LogP) is 4.42. The lowest BCUT2D eigenvalue weighted by molar-refractivity contribution is -0.150. The molecular weight excluding hydrogens is 413 g/mol. The van der Waals surface area contributed by atoms with Gasteiger partial charge in [-0.3, -0.25) is 9.59 Å². The lowest BCUT2D eigenvalue weighted by Gasteiger charge is -2.14. The third kappa shape index (κ3) is 4.75. The number of carbonyl (C=O) groups is 2. The van der Waals surface area contributed by atoms with Crippen molar-refractivity contribution in [3.63, 3.8) is 0 Å². The number of carbonyl (C=O) groups excluding carboxylic acids is 2. The maximum atomic E-state index is 12.5. The summed E-state index contributed by atoms with van der Waals surface area (Å²) in [5.74, 6) is -1.45. The molecule has 2 aromatic heterocycles. The molecule has 7 nitrogen and oxygen atoms in total. The first-order chi connectivity index (χ1) is 14.8. The molecule has 10 heteroatoms. The van der Waals surface area contributed by atoms with Gasteiger partial charge in [0.05, 0.1) is 29.2 Å². The zero-order chi connectivity index (χ0) is 22.0. The van der Waals surface area contributed by atoms with Crippen LogP contribution in [0.3, 0.4) is 0 Å². The van der Waals surface area contributed by atoms with Crippen LogP contribution >= 0.6 is 0 Å². The van der Waals surface area contributed by atoms with E-state index in [4.69, 9.17) is 4.74 Å². The zero-order valence-electron chi connectivity index (χ0n) is 16.0. The highest BCUT2D eigenvalue weighted by Crippen LogP contribution is 2.38. The van der Waals surface area contributed by atoms with Crippen molar-refractivity contribution in [2.24, 2.45) is 0 Å². The molecule has 0 fully saturated rings. The second kappa shape index (κ2) is 8.23. The van der Waals surface area contributed by atoms with Gasteiger partial charge in [-0.15, -0.1) is 0 Å². The summed E-state index contributed by atoms with van der Waals surface area (Å²) in [5, 5.41) is 5.39. The van der Waals surface area contributed by atoms with Crippen molar-refractivity contribution in [2.75, 3.05) is 17.2 Å². The van der Waals surface area contributed by atoms with Gasteiger partial charge >= 0.3 is 6.18 Å². The van der Waals surface area contributed by atoms with Crippen LogP contribution in [0.5, 0.6) is 0 Å². The molecule has 0 aliphatic carbocycles. The van der Waals surface area contributed by atoms with Crippen molar-refractivity contribution in [3.8, 4) is 11.3 Å². The minimum absolute atomic E-state index is 0.0347. The molecule has 1 aliphatic heterocycles. The first kappa shape index (κ1) is 20.6. The van der Waals surface area contributed by atoms with Crippen molar-refractivity contribution in [3.05, 3.63) is 59.9 Å². The number of nitrogens with zero attached hydrogens (tertiary/aromatic N) is 1. The highest BCUT2D eigenvalue weighted by atomic mass is 19.4. The number of H-pyrrole nitrogens is 1. The van der Waals surface area contributed by atoms with E-state index >= 15 is 0 Å². The van der Waals surface area contributed by atoms with Crippen molar-refractivity contribution in [2.45, 2.75) is 19.2 Å². The molecule has 160 valence electrons. The molecule has 0 spiro atoms. The molecule has 0 saturated heterocycles. The lowest BCUT2D eigenvalue weighted by atomic mass is 10.0. The normalized spacial score (nSPS) is 13.6. The number of para-hydroxylation sites is 1. The van der Waals surface area contributed by atoms with Crippen LogP contribution in [0.4, 0.5) is 30.4 Å². The lowest BCUT2D eigenvalue weighted by Crippen LogP contribution is -2.21. The summed E-state index contributed by atoms with van der Waals surface area (Å²) in [4.78, 5) is 31.2. The molecule has 1 amide bonds. The number of aromatic nitrogens is 2. The minimum Gasteiger partial charge on any atom is -0.367 e. The van der Waals surface area contributed by atoms with E-state index in [-0.39, 0.29) is 24.8 Å². The summed E-state index contributed by atoms with van der Waals surface area (Å²) in [6.45, 7) is 0.160. The van der Waals surface area contributed by atoms with E-state index < -0.39 is 18.5 Å². The standard InChI is InChI=1S/C21H17F3N4O3/c22-21(23,24)9-17(30)28-16-8-12(6-7-25-16)19-20(26-13-4-2-1-3-5-13)18-14(27-19)10-31-11-15(18)29/h1-8,26-27H,9-11H2,(H,25,28,30). The molecular formula is C21H17F3N4O3. The number of nitrogens with one attached hydrogen (secondary N) is 3. The van der Waals surface area contributed by atoms with Crippen LogP contribution in [0, 0.1) is 0 Å². The van der Waals surface area contributed by atoms with E-state index in [1.807, 2.05) is 30.3 Å². The Morgan fingerprint density at radius 2 is 1.94 bits per heavy atom. The molecule has 0 saturated carbocycles. The summed E-state index contributed by atoms with van der Waals surface area (Å²) in [5.41, 5.74) is 3.37. The topological polar surface area (TPSA) is 96.1 Å². The van der Waals surface area contributed by atoms with Crippen molar-refractivity contribution in [1.29, 1.82) is 0 Å². The summed E-state index contributed by atoms with van der Waals surface area (Å²) >= 11 is 0. The number of fused-ring (bicyclic) bond motifs is 1. The van der Waals surface area contributed by atoms with Crippen molar-refractivity contribution >= 4 is 28.9 Å². The van der Waals surface area contributed by atoms with Gasteiger partial charge in [-0.2, -0.15) is 13.2 Å². The molecule has 1 aromatic carbocycles. The van der Waals surface area contributed by atoms with Crippen LogP contribution in [0.25, 0.3) is 11.3 Å². The fraction of sp³-hybridized carbons (Fsp3) is 0.190. The monoisotopic (exact) mass is 430 g/mol. The van der Waals surface area contributed by atoms with Crippen molar-refractivity contribution < 1.29 is 27.5 Å². The Hall–Kier alpha value is -3.66. The number of hydrogen-bond donors (Lipinski definition) is 3. The number of ether oxygens (including phenoxy) is 1. The molecule has 0 unspecified atom stereocenters. The third-order valence-corrected chi connectivity index (χ3v) is 4.56. The number of anilines is 3. The summed E-state index contributed by atoms with van der Waals surface area (Å²) in [7, 11) is 0. The van der Waals surface area contributed by atoms with E-state index in [9.17, 15) is 22.8 Å². The first-order valence-electron chi connectivity index (χ1n) is 9.31. The fourth-order valence-corrected chi connectivity index (χ4v) is 3.32. The number of pyridine rings is 1. The van der Waals surface area contributed by atoms with Crippen molar-refractivity contribution in [1.82, 2.24) is 9.97 Å². The highest BCUT2D eigenvalue weighted by molar-refractivity contribution is 6.08. The van der Waals surface area contributed by atoms with E-state index in [0.29, 0.717) is 28.2 Å². The molecule has 0 radical (unpaired) electrons. The quantitative estimate of drug-likeness (QED) is 0.557. The van der Waals surface area contributed by atoms with Crippen LogP contribution in [-0.4, -0.2) is 34.4 Å². The third-order valence-electron chi connectivity index (χ3n) is 4.56. The van der Waals surface area contributed by atoms with Gasteiger partial charge in [-0.1, -0.05) is 18.2 Å². The number of halogens is 3. The van der Waals surface area contributed by atoms with Gasteiger partial charge < -0.3 is 20.4 Å². The van der Waals surface area contributed by atoms with Crippen LogP contribution in [0.15, 0.2) is 48.7 Å². The Morgan fingerprint density at radius 1 is 1.16 bits per heavy atom. The Labute approximate surface area is 174 Å².